The van der Waals surface area contributed by atoms with Gasteiger partial charge in [0.15, 0.2) is 0 Å². The van der Waals surface area contributed by atoms with Crippen LogP contribution >= 0.6 is 38.6 Å². The summed E-state index contributed by atoms with van der Waals surface area (Å²) in [6.07, 6.45) is 0.767. The molecule has 0 aliphatic rings. The van der Waals surface area contributed by atoms with Crippen LogP contribution in [0.25, 0.3) is 22.3 Å². The zero-order chi connectivity index (χ0) is 13.2. The van der Waals surface area contributed by atoms with Gasteiger partial charge >= 0.3 is 0 Å². The molecule has 3 rings (SSSR count). The smallest absolute Gasteiger partial charge is 0.277 e. The Bertz CT molecular complexity index is 690. The third kappa shape index (κ3) is 2.76. The number of thiophene rings is 1. The molecule has 0 aromatic carbocycles. The topological polar surface area (TPSA) is 77.8 Å². The van der Waals surface area contributed by atoms with E-state index in [-0.39, 0.29) is 0 Å². The van der Waals surface area contributed by atoms with E-state index < -0.39 is 0 Å². The average Bonchev–Trinajstić information content (AvgIpc) is 3.07. The molecule has 0 radical (unpaired) electrons. The molecule has 0 aliphatic heterocycles. The molecule has 0 amide bonds. The highest BCUT2D eigenvalue weighted by Gasteiger charge is 2.14. The molecule has 0 fully saturated rings. The summed E-state index contributed by atoms with van der Waals surface area (Å²) in [5, 5.41) is 6.87. The van der Waals surface area contributed by atoms with Gasteiger partial charge in [0, 0.05) is 11.8 Å². The highest BCUT2D eigenvalue weighted by molar-refractivity contribution is 9.11. The van der Waals surface area contributed by atoms with Crippen molar-refractivity contribution in [1.29, 1.82) is 0 Å². The van der Waals surface area contributed by atoms with Crippen LogP contribution in [0.15, 0.2) is 25.8 Å². The summed E-state index contributed by atoms with van der Waals surface area (Å²) in [6.45, 7) is 0.589. The Morgan fingerprint density at radius 1 is 1.32 bits per heavy atom. The first-order valence-corrected chi connectivity index (χ1v) is 7.99. The third-order valence-corrected chi connectivity index (χ3v) is 4.88. The maximum atomic E-state index is 5.50. The molecule has 2 N–H and O–H groups in total. The van der Waals surface area contributed by atoms with Crippen LogP contribution in [-0.4, -0.2) is 21.7 Å². The second-order valence-electron chi connectivity index (χ2n) is 3.69. The van der Waals surface area contributed by atoms with E-state index in [1.165, 1.54) is 0 Å². The monoisotopic (exact) mass is 356 g/mol. The first-order chi connectivity index (χ1) is 9.26. The van der Waals surface area contributed by atoms with Crippen molar-refractivity contribution < 1.29 is 4.52 Å². The number of aromatic nitrogens is 3. The second kappa shape index (κ2) is 5.49. The van der Waals surface area contributed by atoms with Crippen LogP contribution < -0.4 is 5.73 Å². The summed E-state index contributed by atoms with van der Waals surface area (Å²) in [5.41, 5.74) is 6.21. The molecule has 0 bridgehead atoms. The molecule has 5 nitrogen and oxygen atoms in total. The Morgan fingerprint density at radius 2 is 2.21 bits per heavy atom. The fourth-order valence-corrected chi connectivity index (χ4v) is 3.61. The van der Waals surface area contributed by atoms with Crippen LogP contribution in [-0.2, 0) is 6.42 Å². The Morgan fingerprint density at radius 3 is 2.95 bits per heavy atom. The van der Waals surface area contributed by atoms with Gasteiger partial charge in [-0.3, -0.25) is 0 Å². The van der Waals surface area contributed by atoms with Gasteiger partial charge in [-0.2, -0.15) is 4.98 Å². The van der Waals surface area contributed by atoms with Gasteiger partial charge in [-0.1, -0.05) is 5.16 Å². The molecule has 3 aromatic rings. The summed E-state index contributed by atoms with van der Waals surface area (Å²) in [4.78, 5) is 9.74. The fraction of sp³-hybridized carbons (Fsp3) is 0.182. The Labute approximate surface area is 125 Å². The molecule has 0 unspecified atom stereocenters. The molecule has 3 aromatic heterocycles. The molecule has 0 aliphatic carbocycles. The molecule has 0 atom stereocenters. The zero-order valence-electron chi connectivity index (χ0n) is 9.67. The van der Waals surface area contributed by atoms with Crippen molar-refractivity contribution in [1.82, 2.24) is 15.1 Å². The maximum Gasteiger partial charge on any atom is 0.277 e. The summed E-state index contributed by atoms with van der Waals surface area (Å²) in [5.74, 6) is 1.03. The van der Waals surface area contributed by atoms with Crippen LogP contribution in [0.3, 0.4) is 0 Å². The Hall–Kier alpha value is -1.09. The standard InChI is InChI=1S/C11H9BrN4OS2/c12-8-2-1-7(19-8)10-15-11(17-16-10)6-5-18-9(14-6)3-4-13/h1-2,5H,3-4,13H2. The van der Waals surface area contributed by atoms with Crippen LogP contribution in [0.4, 0.5) is 0 Å². The van der Waals surface area contributed by atoms with Crippen molar-refractivity contribution in [3.63, 3.8) is 0 Å². The van der Waals surface area contributed by atoms with Gasteiger partial charge in [0.2, 0.25) is 5.82 Å². The van der Waals surface area contributed by atoms with Gasteiger partial charge < -0.3 is 10.3 Å². The number of nitrogens with zero attached hydrogens (tertiary/aromatic N) is 3. The van der Waals surface area contributed by atoms with E-state index in [0.717, 1.165) is 20.1 Å². The third-order valence-electron chi connectivity index (χ3n) is 2.35. The highest BCUT2D eigenvalue weighted by atomic mass is 79.9. The fourth-order valence-electron chi connectivity index (χ4n) is 1.51. The Kier molecular flexibility index (Phi) is 3.74. The predicted octanol–water partition coefficient (Wildman–Crippen LogP) is 3.19. The van der Waals surface area contributed by atoms with Gasteiger partial charge in [0.1, 0.15) is 5.69 Å². The molecular formula is C11H9BrN4OS2. The lowest BCUT2D eigenvalue weighted by molar-refractivity contribution is 0.431. The van der Waals surface area contributed by atoms with Crippen LogP contribution in [0.5, 0.6) is 0 Å². The summed E-state index contributed by atoms with van der Waals surface area (Å²) < 4.78 is 6.28. The number of hydrogen-bond acceptors (Lipinski definition) is 7. The Balaban J connectivity index is 1.87. The minimum atomic E-state index is 0.444. The zero-order valence-corrected chi connectivity index (χ0v) is 12.9. The first-order valence-electron chi connectivity index (χ1n) is 5.50. The SMILES string of the molecule is NCCc1nc(-c2nc(-c3ccc(Br)s3)no2)cs1. The van der Waals surface area contributed by atoms with Crippen LogP contribution in [0.1, 0.15) is 5.01 Å². The van der Waals surface area contributed by atoms with Crippen molar-refractivity contribution in [3.05, 3.63) is 26.3 Å². The number of halogens is 1. The normalized spacial score (nSPS) is 11.1. The minimum absolute atomic E-state index is 0.444. The van der Waals surface area contributed by atoms with E-state index in [0.29, 0.717) is 24.0 Å². The molecule has 8 heteroatoms. The number of thiazole rings is 1. The van der Waals surface area contributed by atoms with E-state index in [2.05, 4.69) is 31.1 Å². The van der Waals surface area contributed by atoms with E-state index in [1.54, 1.807) is 22.7 Å². The maximum absolute atomic E-state index is 5.50. The van der Waals surface area contributed by atoms with Crippen molar-refractivity contribution in [3.8, 4) is 22.3 Å². The molecule has 19 heavy (non-hydrogen) atoms. The van der Waals surface area contributed by atoms with Gasteiger partial charge in [-0.05, 0) is 34.6 Å². The average molecular weight is 357 g/mol. The van der Waals surface area contributed by atoms with Crippen molar-refractivity contribution in [2.45, 2.75) is 6.42 Å². The largest absolute Gasteiger partial charge is 0.332 e. The van der Waals surface area contributed by atoms with Crippen LogP contribution in [0, 0.1) is 0 Å². The molecule has 0 saturated heterocycles. The number of nitrogens with two attached hydrogens (primary N) is 1. The lowest BCUT2D eigenvalue weighted by Crippen LogP contribution is -2.01. The van der Waals surface area contributed by atoms with E-state index in [1.807, 2.05) is 17.5 Å². The summed E-state index contributed by atoms with van der Waals surface area (Å²) in [6, 6.07) is 3.91. The minimum Gasteiger partial charge on any atom is -0.332 e. The molecule has 3 heterocycles. The lowest BCUT2D eigenvalue weighted by Gasteiger charge is -1.87. The van der Waals surface area contributed by atoms with Gasteiger partial charge in [0.05, 0.1) is 13.7 Å². The van der Waals surface area contributed by atoms with Crippen molar-refractivity contribution >= 4 is 38.6 Å². The quantitative estimate of drug-likeness (QED) is 0.776. The predicted molar refractivity (Wildman–Crippen MR) is 79.2 cm³/mol. The van der Waals surface area contributed by atoms with Gasteiger partial charge in [-0.15, -0.1) is 22.7 Å². The molecule has 98 valence electrons. The number of rotatable bonds is 4. The highest BCUT2D eigenvalue weighted by Crippen LogP contribution is 2.31. The second-order valence-corrected chi connectivity index (χ2v) is 7.10. The van der Waals surface area contributed by atoms with Crippen molar-refractivity contribution in [2.24, 2.45) is 5.73 Å². The summed E-state index contributed by atoms with van der Waals surface area (Å²) >= 11 is 6.53. The molecular weight excluding hydrogens is 348 g/mol. The van der Waals surface area contributed by atoms with E-state index in [9.17, 15) is 0 Å². The molecule has 0 saturated carbocycles. The van der Waals surface area contributed by atoms with E-state index >= 15 is 0 Å². The van der Waals surface area contributed by atoms with E-state index in [4.69, 9.17) is 10.3 Å². The van der Waals surface area contributed by atoms with Gasteiger partial charge in [-0.25, -0.2) is 4.98 Å². The number of hydrogen-bond donors (Lipinski definition) is 1. The van der Waals surface area contributed by atoms with Crippen molar-refractivity contribution in [2.75, 3.05) is 6.54 Å². The van der Waals surface area contributed by atoms with Crippen LogP contribution in [0.2, 0.25) is 0 Å². The lowest BCUT2D eigenvalue weighted by atomic mass is 10.4. The summed E-state index contributed by atoms with van der Waals surface area (Å²) in [7, 11) is 0. The first kappa shape index (κ1) is 12.9. The van der Waals surface area contributed by atoms with Gasteiger partial charge in [0.25, 0.3) is 5.89 Å². The molecule has 0 spiro atoms.